The molecular formula is C12H12F2N4. The van der Waals surface area contributed by atoms with E-state index >= 15 is 0 Å². The van der Waals surface area contributed by atoms with E-state index in [2.05, 4.69) is 15.6 Å². The lowest BCUT2D eigenvalue weighted by Gasteiger charge is -2.07. The molecule has 2 aromatic rings. The third-order valence-corrected chi connectivity index (χ3v) is 2.86. The largest absolute Gasteiger partial charge is 0.308 e. The fraction of sp³-hybridized carbons (Fsp3) is 0.333. The lowest BCUT2D eigenvalue weighted by molar-refractivity contribution is 0.576. The molecule has 1 fully saturated rings. The van der Waals surface area contributed by atoms with Crippen molar-refractivity contribution in [2.24, 2.45) is 0 Å². The molecule has 1 aliphatic carbocycles. The number of nitrogens with one attached hydrogen (secondary N) is 1. The minimum absolute atomic E-state index is 0.345. The molecule has 0 saturated heterocycles. The molecule has 0 radical (unpaired) electrons. The van der Waals surface area contributed by atoms with Gasteiger partial charge in [-0.15, -0.1) is 5.10 Å². The Kier molecular flexibility index (Phi) is 2.79. The van der Waals surface area contributed by atoms with Crippen LogP contribution in [-0.2, 0) is 6.54 Å². The zero-order valence-electron chi connectivity index (χ0n) is 9.61. The zero-order chi connectivity index (χ0) is 12.5. The minimum Gasteiger partial charge on any atom is -0.308 e. The van der Waals surface area contributed by atoms with Gasteiger partial charge in [-0.3, -0.25) is 0 Å². The Morgan fingerprint density at radius 3 is 2.61 bits per heavy atom. The van der Waals surface area contributed by atoms with Gasteiger partial charge >= 0.3 is 0 Å². The van der Waals surface area contributed by atoms with Gasteiger partial charge in [0.15, 0.2) is 0 Å². The number of hydrogen-bond acceptors (Lipinski definition) is 3. The first-order valence-corrected chi connectivity index (χ1v) is 5.82. The number of aromatic nitrogens is 3. The van der Waals surface area contributed by atoms with E-state index in [1.165, 1.54) is 29.7 Å². The number of rotatable bonds is 4. The van der Waals surface area contributed by atoms with Crippen LogP contribution in [0.1, 0.15) is 18.5 Å². The molecule has 1 N–H and O–H groups in total. The van der Waals surface area contributed by atoms with Gasteiger partial charge in [-0.05, 0) is 25.0 Å². The van der Waals surface area contributed by atoms with Crippen molar-refractivity contribution >= 4 is 0 Å². The van der Waals surface area contributed by atoms with Crippen LogP contribution in [0.4, 0.5) is 8.78 Å². The SMILES string of the molecule is Fc1cc(F)cc(-n2nncc2CNC2CC2)c1. The van der Waals surface area contributed by atoms with Gasteiger partial charge in [0.25, 0.3) is 0 Å². The highest BCUT2D eigenvalue weighted by atomic mass is 19.1. The monoisotopic (exact) mass is 250 g/mol. The summed E-state index contributed by atoms with van der Waals surface area (Å²) in [6.07, 6.45) is 3.95. The molecular weight excluding hydrogens is 238 g/mol. The highest BCUT2D eigenvalue weighted by Crippen LogP contribution is 2.20. The minimum atomic E-state index is -0.624. The van der Waals surface area contributed by atoms with Gasteiger partial charge < -0.3 is 5.32 Å². The Morgan fingerprint density at radius 2 is 1.94 bits per heavy atom. The Labute approximate surface area is 103 Å². The molecule has 1 saturated carbocycles. The summed E-state index contributed by atoms with van der Waals surface area (Å²) in [5, 5.41) is 11.0. The normalized spacial score (nSPS) is 15.0. The highest BCUT2D eigenvalue weighted by molar-refractivity contribution is 5.33. The van der Waals surface area contributed by atoms with E-state index in [0.717, 1.165) is 11.8 Å². The predicted molar refractivity (Wildman–Crippen MR) is 61.1 cm³/mol. The Hall–Kier alpha value is -1.82. The zero-order valence-corrected chi connectivity index (χ0v) is 9.61. The number of nitrogens with zero attached hydrogens (tertiary/aromatic N) is 3. The van der Waals surface area contributed by atoms with Crippen molar-refractivity contribution < 1.29 is 8.78 Å². The molecule has 0 aliphatic heterocycles. The Morgan fingerprint density at radius 1 is 1.22 bits per heavy atom. The molecule has 18 heavy (non-hydrogen) atoms. The van der Waals surface area contributed by atoms with Crippen LogP contribution in [0.25, 0.3) is 5.69 Å². The lowest BCUT2D eigenvalue weighted by Crippen LogP contribution is -2.18. The van der Waals surface area contributed by atoms with Gasteiger partial charge in [-0.25, -0.2) is 13.5 Å². The van der Waals surface area contributed by atoms with E-state index in [9.17, 15) is 8.78 Å². The van der Waals surface area contributed by atoms with Crippen LogP contribution in [0.15, 0.2) is 24.4 Å². The van der Waals surface area contributed by atoms with E-state index in [1.54, 1.807) is 6.20 Å². The van der Waals surface area contributed by atoms with Crippen molar-refractivity contribution in [2.45, 2.75) is 25.4 Å². The smallest absolute Gasteiger partial charge is 0.128 e. The Balaban J connectivity index is 1.87. The average Bonchev–Trinajstić information content (AvgIpc) is 3.02. The summed E-state index contributed by atoms with van der Waals surface area (Å²) in [7, 11) is 0. The molecule has 3 rings (SSSR count). The fourth-order valence-corrected chi connectivity index (χ4v) is 1.79. The summed E-state index contributed by atoms with van der Waals surface area (Å²) in [4.78, 5) is 0. The van der Waals surface area contributed by atoms with Crippen LogP contribution < -0.4 is 5.32 Å². The second-order valence-electron chi connectivity index (χ2n) is 4.42. The highest BCUT2D eigenvalue weighted by Gasteiger charge is 2.21. The summed E-state index contributed by atoms with van der Waals surface area (Å²) in [5.41, 5.74) is 1.13. The summed E-state index contributed by atoms with van der Waals surface area (Å²) < 4.78 is 27.8. The first kappa shape index (κ1) is 11.3. The third-order valence-electron chi connectivity index (χ3n) is 2.86. The van der Waals surface area contributed by atoms with Crippen molar-refractivity contribution in [2.75, 3.05) is 0 Å². The summed E-state index contributed by atoms with van der Waals surface area (Å²) in [5.74, 6) is -1.25. The number of halogens is 2. The van der Waals surface area contributed by atoms with Gasteiger partial charge in [0, 0.05) is 18.7 Å². The average molecular weight is 250 g/mol. The molecule has 0 spiro atoms. The van der Waals surface area contributed by atoms with Crippen molar-refractivity contribution in [1.29, 1.82) is 0 Å². The van der Waals surface area contributed by atoms with E-state index < -0.39 is 11.6 Å². The van der Waals surface area contributed by atoms with E-state index in [1.807, 2.05) is 0 Å². The van der Waals surface area contributed by atoms with Crippen LogP contribution in [0.5, 0.6) is 0 Å². The second-order valence-corrected chi connectivity index (χ2v) is 4.42. The van der Waals surface area contributed by atoms with Crippen molar-refractivity contribution in [3.63, 3.8) is 0 Å². The molecule has 1 aromatic carbocycles. The maximum Gasteiger partial charge on any atom is 0.128 e. The van der Waals surface area contributed by atoms with E-state index in [0.29, 0.717) is 18.3 Å². The standard InChI is InChI=1S/C12H12F2N4/c13-8-3-9(14)5-11(4-8)18-12(7-16-17-18)6-15-10-1-2-10/h3-5,7,10,15H,1-2,6H2. The quantitative estimate of drug-likeness (QED) is 0.899. The van der Waals surface area contributed by atoms with Crippen LogP contribution in [0, 0.1) is 11.6 Å². The predicted octanol–water partition coefficient (Wildman–Crippen LogP) is 1.80. The van der Waals surface area contributed by atoms with Gasteiger partial charge in [0.2, 0.25) is 0 Å². The maximum absolute atomic E-state index is 13.2. The van der Waals surface area contributed by atoms with E-state index in [-0.39, 0.29) is 0 Å². The van der Waals surface area contributed by atoms with E-state index in [4.69, 9.17) is 0 Å². The van der Waals surface area contributed by atoms with Crippen molar-refractivity contribution in [1.82, 2.24) is 20.3 Å². The van der Waals surface area contributed by atoms with Crippen LogP contribution in [0.2, 0.25) is 0 Å². The number of hydrogen-bond donors (Lipinski definition) is 1. The van der Waals surface area contributed by atoms with Crippen LogP contribution in [0.3, 0.4) is 0 Å². The molecule has 1 aliphatic rings. The lowest BCUT2D eigenvalue weighted by atomic mass is 10.3. The summed E-state index contributed by atoms with van der Waals surface area (Å²) >= 11 is 0. The summed E-state index contributed by atoms with van der Waals surface area (Å²) in [6, 6.07) is 3.86. The molecule has 4 nitrogen and oxygen atoms in total. The molecule has 94 valence electrons. The fourth-order valence-electron chi connectivity index (χ4n) is 1.79. The summed E-state index contributed by atoms with van der Waals surface area (Å²) in [6.45, 7) is 0.593. The Bertz CT molecular complexity index is 543. The van der Waals surface area contributed by atoms with Gasteiger partial charge in [-0.2, -0.15) is 0 Å². The number of benzene rings is 1. The maximum atomic E-state index is 13.2. The van der Waals surface area contributed by atoms with Crippen LogP contribution >= 0.6 is 0 Å². The topological polar surface area (TPSA) is 42.7 Å². The molecule has 1 aromatic heterocycles. The molecule has 6 heteroatoms. The molecule has 0 amide bonds. The first-order valence-electron chi connectivity index (χ1n) is 5.82. The van der Waals surface area contributed by atoms with Gasteiger partial charge in [0.05, 0.1) is 17.6 Å². The second kappa shape index (κ2) is 4.45. The molecule has 0 unspecified atom stereocenters. The molecule has 1 heterocycles. The van der Waals surface area contributed by atoms with Gasteiger partial charge in [-0.1, -0.05) is 5.21 Å². The van der Waals surface area contributed by atoms with Crippen molar-refractivity contribution in [3.05, 3.63) is 41.7 Å². The molecule has 0 bridgehead atoms. The van der Waals surface area contributed by atoms with Crippen molar-refractivity contribution in [3.8, 4) is 5.69 Å². The van der Waals surface area contributed by atoms with Crippen LogP contribution in [-0.4, -0.2) is 21.0 Å². The first-order chi connectivity index (χ1) is 8.72. The van der Waals surface area contributed by atoms with Gasteiger partial charge in [0.1, 0.15) is 11.6 Å². The third kappa shape index (κ3) is 2.38. The molecule has 0 atom stereocenters.